The van der Waals surface area contributed by atoms with Crippen LogP contribution in [0.4, 0.5) is 34.1 Å². The molecule has 0 bridgehead atoms. The fourth-order valence-corrected chi connectivity index (χ4v) is 9.31. The van der Waals surface area contributed by atoms with Crippen molar-refractivity contribution in [2.75, 3.05) is 9.80 Å². The van der Waals surface area contributed by atoms with Crippen molar-refractivity contribution >= 4 is 80.5 Å². The number of rotatable bonds is 10. The summed E-state index contributed by atoms with van der Waals surface area (Å²) in [5.74, 6) is -1.23. The molecule has 57 heavy (non-hydrogen) atoms. The first-order valence-electron chi connectivity index (χ1n) is 18.4. The van der Waals surface area contributed by atoms with Gasteiger partial charge < -0.3 is 14.9 Å². The number of benzene rings is 6. The maximum atomic E-state index is 11.4. The lowest BCUT2D eigenvalue weighted by Crippen LogP contribution is -2.10. The first-order chi connectivity index (χ1) is 28.0. The molecule has 0 spiro atoms. The summed E-state index contributed by atoms with van der Waals surface area (Å²) in [4.78, 5) is 20.0. The highest BCUT2D eigenvalue weighted by Gasteiger charge is 2.27. The maximum absolute atomic E-state index is 11.4. The molecule has 0 atom stereocenters. The number of carboxylic acids is 1. The molecule has 2 heterocycles. The van der Waals surface area contributed by atoms with Crippen LogP contribution in [0.15, 0.2) is 188 Å². The highest BCUT2D eigenvalue weighted by atomic mass is 32.1. The third-order valence-corrected chi connectivity index (χ3v) is 12.1. The second-order valence-corrected chi connectivity index (χ2v) is 15.6. The van der Waals surface area contributed by atoms with Crippen LogP contribution in [0.5, 0.6) is 0 Å². The van der Waals surface area contributed by atoms with Crippen LogP contribution in [0.2, 0.25) is 0 Å². The zero-order valence-corrected chi connectivity index (χ0v) is 32.1. The predicted molar refractivity (Wildman–Crippen MR) is 237 cm³/mol. The normalized spacial score (nSPS) is 11.7. The van der Waals surface area contributed by atoms with Crippen LogP contribution in [0.25, 0.3) is 38.6 Å². The van der Waals surface area contributed by atoms with E-state index in [1.165, 1.54) is 17.4 Å². The molecule has 272 valence electrons. The summed E-state index contributed by atoms with van der Waals surface area (Å²) in [5, 5.41) is 18.6. The highest BCUT2D eigenvalue weighted by molar-refractivity contribution is 7.23. The fraction of sp³-hybridized carbons (Fsp3) is 0. The minimum Gasteiger partial charge on any atom is -0.477 e. The Labute approximate surface area is 339 Å². The predicted octanol–water partition coefficient (Wildman–Crippen LogP) is 14.0. The Morgan fingerprint density at radius 2 is 0.895 bits per heavy atom. The summed E-state index contributed by atoms with van der Waals surface area (Å²) < 4.78 is 0. The second-order valence-electron chi connectivity index (χ2n) is 13.4. The number of carbonyl (C=O) groups is 1. The van der Waals surface area contributed by atoms with Gasteiger partial charge in [-0.3, -0.25) is 0 Å². The van der Waals surface area contributed by atoms with Gasteiger partial charge in [0.05, 0.1) is 0 Å². The monoisotopic (exact) mass is 771 g/mol. The standard InChI is InChI=1S/C50H33N3O2S2/c51-33-34(50(54)55)29-41-23-27-48(56-41)49-28-24-42(57-49)32-47-43-25-21-39(52(35-13-5-1-6-14-35)36-15-7-2-8-16-36)30-45(43)46-31-40(22-26-44(46)47)53(37-17-9-3-10-18-37)38-19-11-4-12-20-38/h1-32H,(H,54,55)/b34-29+. The number of thiophene rings is 2. The van der Waals surface area contributed by atoms with Crippen molar-refractivity contribution in [3.05, 3.63) is 208 Å². The average Bonchev–Trinajstić information content (AvgIpc) is 4.00. The molecule has 8 aromatic rings. The van der Waals surface area contributed by atoms with Crippen LogP contribution in [-0.4, -0.2) is 11.1 Å². The van der Waals surface area contributed by atoms with Crippen molar-refractivity contribution in [3.63, 3.8) is 0 Å². The zero-order chi connectivity index (χ0) is 38.7. The average molecular weight is 772 g/mol. The van der Waals surface area contributed by atoms with Gasteiger partial charge in [0.2, 0.25) is 0 Å². The van der Waals surface area contributed by atoms with E-state index in [-0.39, 0.29) is 5.57 Å². The van der Waals surface area contributed by atoms with Gasteiger partial charge in [-0.25, -0.2) is 4.79 Å². The van der Waals surface area contributed by atoms with Gasteiger partial charge in [-0.15, -0.1) is 22.7 Å². The fourth-order valence-electron chi connectivity index (χ4n) is 7.31. The minimum atomic E-state index is -1.23. The van der Waals surface area contributed by atoms with E-state index in [9.17, 15) is 15.2 Å². The lowest BCUT2D eigenvalue weighted by Gasteiger charge is -2.26. The first-order valence-corrected chi connectivity index (χ1v) is 20.0. The topological polar surface area (TPSA) is 67.6 Å². The van der Waals surface area contributed by atoms with Gasteiger partial charge in [0.15, 0.2) is 0 Å². The van der Waals surface area contributed by atoms with E-state index in [1.54, 1.807) is 17.4 Å². The molecule has 0 aliphatic heterocycles. The molecule has 0 radical (unpaired) electrons. The van der Waals surface area contributed by atoms with Crippen molar-refractivity contribution < 1.29 is 9.90 Å². The molecule has 0 unspecified atom stereocenters. The lowest BCUT2D eigenvalue weighted by atomic mass is 10.0. The van der Waals surface area contributed by atoms with Gasteiger partial charge >= 0.3 is 5.97 Å². The number of aliphatic carboxylic acids is 1. The van der Waals surface area contributed by atoms with Crippen LogP contribution >= 0.6 is 22.7 Å². The van der Waals surface area contributed by atoms with Crippen molar-refractivity contribution in [1.82, 2.24) is 0 Å². The molecule has 0 saturated heterocycles. The number of fused-ring (bicyclic) bond motifs is 3. The molecule has 6 aromatic carbocycles. The third-order valence-electron chi connectivity index (χ3n) is 9.87. The summed E-state index contributed by atoms with van der Waals surface area (Å²) in [5.41, 5.74) is 12.0. The van der Waals surface area contributed by atoms with Crippen LogP contribution < -0.4 is 9.80 Å². The van der Waals surface area contributed by atoms with Gasteiger partial charge in [-0.05, 0) is 137 Å². The zero-order valence-electron chi connectivity index (χ0n) is 30.5. The molecule has 0 fully saturated rings. The molecule has 1 aliphatic rings. The van der Waals surface area contributed by atoms with Crippen LogP contribution in [0.1, 0.15) is 20.9 Å². The number of anilines is 6. The van der Waals surface area contributed by atoms with Crippen LogP contribution in [-0.2, 0) is 4.79 Å². The Kier molecular flexibility index (Phi) is 9.63. The van der Waals surface area contributed by atoms with E-state index in [0.29, 0.717) is 0 Å². The molecule has 0 amide bonds. The molecular weight excluding hydrogens is 739 g/mol. The van der Waals surface area contributed by atoms with Crippen LogP contribution in [0, 0.1) is 11.3 Å². The number of hydrogen-bond acceptors (Lipinski definition) is 6. The molecule has 1 aliphatic carbocycles. The number of hydrogen-bond donors (Lipinski definition) is 1. The Hall–Kier alpha value is -7.24. The van der Waals surface area contributed by atoms with Crippen LogP contribution in [0.3, 0.4) is 0 Å². The lowest BCUT2D eigenvalue weighted by molar-refractivity contribution is -0.132. The van der Waals surface area contributed by atoms with E-state index in [4.69, 9.17) is 0 Å². The van der Waals surface area contributed by atoms with Gasteiger partial charge in [0.1, 0.15) is 11.6 Å². The molecule has 2 aromatic heterocycles. The quantitative estimate of drug-likeness (QED) is 0.111. The number of carboxylic acid groups (broad SMARTS) is 1. The van der Waals surface area contributed by atoms with Gasteiger partial charge in [0.25, 0.3) is 0 Å². The maximum Gasteiger partial charge on any atom is 0.346 e. The van der Waals surface area contributed by atoms with E-state index in [2.05, 4.69) is 161 Å². The molecule has 5 nitrogen and oxygen atoms in total. The second kappa shape index (κ2) is 15.5. The largest absolute Gasteiger partial charge is 0.477 e. The van der Waals surface area contributed by atoms with E-state index in [0.717, 1.165) is 81.5 Å². The summed E-state index contributed by atoms with van der Waals surface area (Å²) in [7, 11) is 0. The molecule has 0 saturated carbocycles. The Bertz CT molecular complexity index is 2620. The minimum absolute atomic E-state index is 0.281. The SMILES string of the molecule is N#C/C(=C\c1ccc(-c2ccc(C=C3c4ccc(N(c5ccccc5)c5ccccc5)cc4-c4cc(N(c5ccccc5)c5ccccc5)ccc43)s2)s1)C(=O)O. The summed E-state index contributed by atoms with van der Waals surface area (Å²) in [6.07, 6.45) is 3.71. The van der Waals surface area contributed by atoms with Crippen molar-refractivity contribution in [1.29, 1.82) is 5.26 Å². The van der Waals surface area contributed by atoms with E-state index >= 15 is 0 Å². The summed E-state index contributed by atoms with van der Waals surface area (Å²) in [6.45, 7) is 0. The van der Waals surface area contributed by atoms with Crippen molar-refractivity contribution in [2.24, 2.45) is 0 Å². The van der Waals surface area contributed by atoms with E-state index in [1.807, 2.05) is 36.4 Å². The van der Waals surface area contributed by atoms with Gasteiger partial charge in [-0.1, -0.05) is 84.9 Å². The third kappa shape index (κ3) is 7.07. The van der Waals surface area contributed by atoms with Gasteiger partial charge in [0, 0.05) is 53.6 Å². The van der Waals surface area contributed by atoms with Crippen molar-refractivity contribution in [2.45, 2.75) is 0 Å². The summed E-state index contributed by atoms with van der Waals surface area (Å²) >= 11 is 3.16. The Morgan fingerprint density at radius 1 is 0.491 bits per heavy atom. The summed E-state index contributed by atoms with van der Waals surface area (Å²) in [6, 6.07) is 65.4. The first kappa shape index (κ1) is 35.5. The number of nitriles is 1. The molecular formula is C50H33N3O2S2. The molecule has 7 heteroatoms. The molecule has 1 N–H and O–H groups in total. The smallest absolute Gasteiger partial charge is 0.346 e. The Morgan fingerprint density at radius 3 is 1.30 bits per heavy atom. The van der Waals surface area contributed by atoms with E-state index < -0.39 is 5.97 Å². The highest BCUT2D eigenvalue weighted by Crippen LogP contribution is 2.50. The molecule has 9 rings (SSSR count). The Balaban J connectivity index is 1.18. The number of nitrogens with zero attached hydrogens (tertiary/aromatic N) is 3. The van der Waals surface area contributed by atoms with Gasteiger partial charge in [-0.2, -0.15) is 5.26 Å². The van der Waals surface area contributed by atoms with Crippen molar-refractivity contribution in [3.8, 4) is 27.0 Å². The number of para-hydroxylation sites is 4.